The maximum absolute atomic E-state index is 17.0. The van der Waals surface area contributed by atoms with Crippen LogP contribution in [0.2, 0.25) is 0 Å². The molecule has 4 aromatic rings. The third kappa shape index (κ3) is 10.5. The number of H-pyrrole nitrogens is 1. The molecule has 3 aliphatic heterocycles. The van der Waals surface area contributed by atoms with E-state index in [0.717, 1.165) is 22.9 Å². The minimum absolute atomic E-state index is 0.0339. The van der Waals surface area contributed by atoms with Crippen molar-refractivity contribution >= 4 is 94.6 Å². The maximum atomic E-state index is 17.0. The summed E-state index contributed by atoms with van der Waals surface area (Å²) in [6.07, 6.45) is -8.29. The molecule has 0 amide bonds. The normalized spacial score (nSPS) is 30.1. The molecule has 3 saturated heterocycles. The van der Waals surface area contributed by atoms with Crippen molar-refractivity contribution in [3.63, 3.8) is 0 Å². The fourth-order valence-corrected chi connectivity index (χ4v) is 13.1. The Hall–Kier alpha value is -3.13. The molecular formula is C33H44FN9O13P2S3. The standard InChI is InChI=1S/C33H44FN9O13P2S3/c1-32(2,3)53-16(44)10-59-57-49-8-14-23(48-7)24(25(51-14)26-19-20(42-61-26)29(46)41-31(36)40-19)56-58(47,60-11-17(45)54-33(4,5)6)50-9-15-22(55-57)18(34)30(52-15)43-13-39-21-27(35)37-12-38-28(21)43/h12-15,18,22-25,30H,8-11H2,1-7H3,(H2,35,37,38)(H3,36,40,41,46)/t14-,15-,18-,22-,23-,24-,25-,30-,57-,58-/m1/s1. The number of imidazole rings is 1. The van der Waals surface area contributed by atoms with Crippen molar-refractivity contribution in [3.8, 4) is 0 Å². The van der Waals surface area contributed by atoms with Gasteiger partial charge in [0, 0.05) is 7.11 Å². The average molecular weight is 952 g/mol. The Labute approximate surface area is 360 Å². The number of rotatable bonds is 9. The number of carbonyl (C=O) groups excluding carboxylic acids is 2. The van der Waals surface area contributed by atoms with E-state index in [1.54, 1.807) is 41.5 Å². The van der Waals surface area contributed by atoms with Crippen LogP contribution >= 0.6 is 48.7 Å². The first-order chi connectivity index (χ1) is 28.7. The van der Waals surface area contributed by atoms with Crippen LogP contribution in [-0.4, -0.2) is 126 Å². The molecule has 22 nitrogen and oxygen atoms in total. The number of carbonyl (C=O) groups is 2. The number of anilines is 2. The second-order valence-electron chi connectivity index (χ2n) is 15.7. The lowest BCUT2D eigenvalue weighted by atomic mass is 10.1. The molecule has 0 radical (unpaired) electrons. The van der Waals surface area contributed by atoms with E-state index in [0.29, 0.717) is 11.4 Å². The van der Waals surface area contributed by atoms with E-state index >= 15 is 8.96 Å². The minimum Gasteiger partial charge on any atom is -0.459 e. The second kappa shape index (κ2) is 18.2. The van der Waals surface area contributed by atoms with E-state index in [1.165, 1.54) is 24.3 Å². The van der Waals surface area contributed by atoms with Gasteiger partial charge in [-0.15, -0.1) is 0 Å². The maximum Gasteiger partial charge on any atom is 0.390 e. The zero-order valence-corrected chi connectivity index (χ0v) is 38.0. The van der Waals surface area contributed by atoms with Crippen LogP contribution in [0.5, 0.6) is 0 Å². The summed E-state index contributed by atoms with van der Waals surface area (Å²) >= 11 is 2.32. The predicted molar refractivity (Wildman–Crippen MR) is 222 cm³/mol. The van der Waals surface area contributed by atoms with Crippen LogP contribution in [0.25, 0.3) is 22.2 Å². The van der Waals surface area contributed by atoms with E-state index in [1.807, 2.05) is 0 Å². The van der Waals surface area contributed by atoms with E-state index in [-0.39, 0.29) is 51.2 Å². The van der Waals surface area contributed by atoms with Gasteiger partial charge in [0.1, 0.15) is 70.9 Å². The van der Waals surface area contributed by atoms with Gasteiger partial charge in [-0.1, -0.05) is 11.4 Å². The Kier molecular flexibility index (Phi) is 13.7. The fourth-order valence-electron chi connectivity index (χ4n) is 6.50. The lowest BCUT2D eigenvalue weighted by molar-refractivity contribution is -0.152. The molecular weight excluding hydrogens is 908 g/mol. The van der Waals surface area contributed by atoms with Gasteiger partial charge in [-0.05, 0) is 64.5 Å². The van der Waals surface area contributed by atoms with Crippen LogP contribution in [0.1, 0.15) is 58.8 Å². The van der Waals surface area contributed by atoms with Crippen LogP contribution in [-0.2, 0) is 55.9 Å². The summed E-state index contributed by atoms with van der Waals surface area (Å²) < 4.78 is 92.4. The van der Waals surface area contributed by atoms with Crippen LogP contribution in [0.3, 0.4) is 0 Å². The number of nitrogens with zero attached hydrogens (tertiary/aromatic N) is 6. The second-order valence-corrected chi connectivity index (χ2v) is 23.7. The number of aromatic amines is 1. The number of esters is 2. The van der Waals surface area contributed by atoms with Crippen LogP contribution in [0, 0.1) is 0 Å². The van der Waals surface area contributed by atoms with E-state index in [2.05, 4.69) is 29.3 Å². The minimum atomic E-state index is -4.56. The van der Waals surface area contributed by atoms with Crippen molar-refractivity contribution in [2.45, 2.75) is 102 Å². The highest BCUT2D eigenvalue weighted by atomic mass is 32.7. The van der Waals surface area contributed by atoms with Gasteiger partial charge in [0.2, 0.25) is 13.5 Å². The van der Waals surface area contributed by atoms with Crippen LogP contribution in [0.4, 0.5) is 16.2 Å². The molecule has 2 bridgehead atoms. The number of fused-ring (bicyclic) bond motifs is 5. The highest BCUT2D eigenvalue weighted by Crippen LogP contribution is 2.65. The van der Waals surface area contributed by atoms with Gasteiger partial charge in [0.25, 0.3) is 5.56 Å². The van der Waals surface area contributed by atoms with Gasteiger partial charge in [-0.3, -0.25) is 33.0 Å². The predicted octanol–water partition coefficient (Wildman–Crippen LogP) is 4.38. The summed E-state index contributed by atoms with van der Waals surface area (Å²) in [5.74, 6) is -2.20. The smallest absolute Gasteiger partial charge is 0.390 e. The largest absolute Gasteiger partial charge is 0.459 e. The van der Waals surface area contributed by atoms with Gasteiger partial charge in [-0.25, -0.2) is 28.9 Å². The van der Waals surface area contributed by atoms with Crippen LogP contribution < -0.4 is 17.0 Å². The molecule has 61 heavy (non-hydrogen) atoms. The van der Waals surface area contributed by atoms with Crippen molar-refractivity contribution in [1.82, 2.24) is 33.9 Å². The molecule has 3 aliphatic rings. The van der Waals surface area contributed by atoms with Crippen molar-refractivity contribution in [2.75, 3.05) is 43.3 Å². The third-order valence-electron chi connectivity index (χ3n) is 8.82. The highest BCUT2D eigenvalue weighted by molar-refractivity contribution is 8.55. The van der Waals surface area contributed by atoms with E-state index in [4.69, 9.17) is 53.2 Å². The topological polar surface area (TPSA) is 289 Å². The number of alkyl halides is 1. The average Bonchev–Trinajstić information content (AvgIpc) is 3.93. The summed E-state index contributed by atoms with van der Waals surface area (Å²) in [5, 5.41) is 0. The lowest BCUT2D eigenvalue weighted by Crippen LogP contribution is -2.36. The van der Waals surface area contributed by atoms with Crippen molar-refractivity contribution in [3.05, 3.63) is 27.9 Å². The van der Waals surface area contributed by atoms with Gasteiger partial charge >= 0.3 is 18.7 Å². The van der Waals surface area contributed by atoms with Gasteiger partial charge in [0.05, 0.1) is 30.2 Å². The molecule has 334 valence electrons. The Balaban J connectivity index is 1.27. The first-order valence-corrected chi connectivity index (χ1v) is 25.2. The molecule has 10 atom stereocenters. The monoisotopic (exact) mass is 951 g/mol. The first-order valence-electron chi connectivity index (χ1n) is 18.5. The molecule has 0 spiro atoms. The number of aromatic nitrogens is 7. The SMILES string of the molecule is CO[C@H]1[C@H]2O[P@](=O)(SCC(=O)OC(C)(C)C)OC[C@H]3O[C@@H](n4cnc5c(N)ncnc54)[C@H](F)[C@@H]3O[P@](SCC(=O)OC(C)(C)C)OC[C@H]1O[C@H]2c1snc2c(=O)[nH]c(N)nc12. The Morgan fingerprint density at radius 3 is 2.44 bits per heavy atom. The molecule has 7 heterocycles. The van der Waals surface area contributed by atoms with Crippen molar-refractivity contribution in [2.24, 2.45) is 0 Å². The summed E-state index contributed by atoms with van der Waals surface area (Å²) in [7, 11) is -0.870. The number of halogens is 1. The van der Waals surface area contributed by atoms with Crippen LogP contribution in [0.15, 0.2) is 17.4 Å². The van der Waals surface area contributed by atoms with Crippen molar-refractivity contribution in [1.29, 1.82) is 0 Å². The summed E-state index contributed by atoms with van der Waals surface area (Å²) in [6.45, 7) is 4.68. The molecule has 0 saturated carbocycles. The number of hydrogen-bond donors (Lipinski definition) is 3. The quantitative estimate of drug-likeness (QED) is 0.155. The molecule has 0 unspecified atom stereocenters. The molecule has 5 N–H and O–H groups in total. The number of nitrogens with two attached hydrogens (primary N) is 2. The summed E-state index contributed by atoms with van der Waals surface area (Å²) in [6, 6.07) is 0. The lowest BCUT2D eigenvalue weighted by Gasteiger charge is -2.28. The molecule has 4 aromatic heterocycles. The van der Waals surface area contributed by atoms with E-state index in [9.17, 15) is 14.4 Å². The Bertz CT molecular complexity index is 2370. The van der Waals surface area contributed by atoms with Crippen molar-refractivity contribution < 1.29 is 60.3 Å². The number of nitrogens with one attached hydrogen (secondary N) is 1. The zero-order valence-electron chi connectivity index (χ0n) is 33.7. The number of hydrogen-bond acceptors (Lipinski definition) is 23. The zero-order chi connectivity index (χ0) is 44.0. The van der Waals surface area contributed by atoms with Gasteiger partial charge in [-0.2, -0.15) is 4.37 Å². The first kappa shape index (κ1) is 45.9. The number of nitrogen functional groups attached to an aromatic ring is 2. The van der Waals surface area contributed by atoms with E-state index < -0.39 is 104 Å². The molecule has 7 rings (SSSR count). The van der Waals surface area contributed by atoms with Gasteiger partial charge in [0.15, 0.2) is 29.4 Å². The summed E-state index contributed by atoms with van der Waals surface area (Å²) in [5.41, 5.74) is 10.1. The third-order valence-corrected chi connectivity index (χ3v) is 16.2. The molecule has 3 fully saturated rings. The summed E-state index contributed by atoms with van der Waals surface area (Å²) in [4.78, 5) is 58.1. The Morgan fingerprint density at radius 2 is 1.74 bits per heavy atom. The van der Waals surface area contributed by atoms with Gasteiger partial charge < -0.3 is 44.2 Å². The molecule has 0 aliphatic carbocycles. The number of methoxy groups -OCH3 is 1. The molecule has 28 heteroatoms. The fraction of sp³-hybridized carbons (Fsp3) is 0.636. The highest BCUT2D eigenvalue weighted by Gasteiger charge is 2.54. The molecule has 0 aromatic carbocycles. The Morgan fingerprint density at radius 1 is 1.02 bits per heavy atom. The number of ether oxygens (including phenoxy) is 5.